The number of halogens is 3. The highest BCUT2D eigenvalue weighted by Gasteiger charge is 2.32. The van der Waals surface area contributed by atoms with Crippen LogP contribution >= 0.6 is 11.8 Å². The van der Waals surface area contributed by atoms with Gasteiger partial charge in [-0.2, -0.15) is 13.2 Å². The molecule has 0 bridgehead atoms. The van der Waals surface area contributed by atoms with Gasteiger partial charge in [-0.15, -0.1) is 0 Å². The summed E-state index contributed by atoms with van der Waals surface area (Å²) in [5, 5.41) is 10.2. The van der Waals surface area contributed by atoms with E-state index in [4.69, 9.17) is 5.11 Å². The van der Waals surface area contributed by atoms with Crippen molar-refractivity contribution in [2.45, 2.75) is 10.5 Å². The SMILES string of the molecule is O=C(O)COCCNC(=O)c1cccnc1SC(F)(F)F. The monoisotopic (exact) mass is 324 g/mol. The molecule has 0 spiro atoms. The van der Waals surface area contributed by atoms with Gasteiger partial charge >= 0.3 is 11.5 Å². The first-order valence-corrected chi connectivity index (χ1v) is 6.40. The highest BCUT2D eigenvalue weighted by molar-refractivity contribution is 8.00. The Bertz CT molecular complexity index is 510. The van der Waals surface area contributed by atoms with Crippen molar-refractivity contribution in [1.29, 1.82) is 0 Å². The number of pyridine rings is 1. The molecule has 1 aromatic rings. The number of carbonyl (C=O) groups excluding carboxylic acids is 1. The number of hydrogen-bond acceptors (Lipinski definition) is 5. The second-order valence-electron chi connectivity index (χ2n) is 3.61. The molecule has 1 amide bonds. The molecule has 1 heterocycles. The van der Waals surface area contributed by atoms with E-state index in [1.54, 1.807) is 0 Å². The predicted octanol–water partition coefficient (Wildman–Crippen LogP) is 1.52. The molecule has 2 N–H and O–H groups in total. The second kappa shape index (κ2) is 7.84. The molecule has 116 valence electrons. The third-order valence-electron chi connectivity index (χ3n) is 1.99. The van der Waals surface area contributed by atoms with E-state index in [1.807, 2.05) is 0 Å². The maximum atomic E-state index is 12.3. The number of hydrogen-bond donors (Lipinski definition) is 2. The van der Waals surface area contributed by atoms with Crippen LogP contribution in [0.1, 0.15) is 10.4 Å². The van der Waals surface area contributed by atoms with E-state index < -0.39 is 40.8 Å². The van der Waals surface area contributed by atoms with Gasteiger partial charge in [0.25, 0.3) is 5.91 Å². The lowest BCUT2D eigenvalue weighted by Crippen LogP contribution is -2.28. The molecule has 21 heavy (non-hydrogen) atoms. The Kier molecular flexibility index (Phi) is 6.43. The van der Waals surface area contributed by atoms with Crippen molar-refractivity contribution in [1.82, 2.24) is 10.3 Å². The summed E-state index contributed by atoms with van der Waals surface area (Å²) in [5.41, 5.74) is -4.76. The normalized spacial score (nSPS) is 11.2. The Morgan fingerprint density at radius 1 is 1.43 bits per heavy atom. The molecule has 0 unspecified atom stereocenters. The molecule has 1 aromatic heterocycles. The Morgan fingerprint density at radius 3 is 2.76 bits per heavy atom. The summed E-state index contributed by atoms with van der Waals surface area (Å²) in [4.78, 5) is 25.4. The number of ether oxygens (including phenoxy) is 1. The molecule has 0 saturated heterocycles. The van der Waals surface area contributed by atoms with Gasteiger partial charge in [0.05, 0.1) is 12.2 Å². The summed E-state index contributed by atoms with van der Waals surface area (Å²) in [6.45, 7) is -0.616. The van der Waals surface area contributed by atoms with E-state index >= 15 is 0 Å². The predicted molar refractivity (Wildman–Crippen MR) is 66.9 cm³/mol. The first-order chi connectivity index (χ1) is 9.79. The number of alkyl halides is 3. The highest BCUT2D eigenvalue weighted by atomic mass is 32.2. The first-order valence-electron chi connectivity index (χ1n) is 5.58. The van der Waals surface area contributed by atoms with Crippen LogP contribution in [-0.2, 0) is 9.53 Å². The summed E-state index contributed by atoms with van der Waals surface area (Å²) in [5.74, 6) is -1.90. The van der Waals surface area contributed by atoms with E-state index in [0.717, 1.165) is 6.20 Å². The van der Waals surface area contributed by atoms with Crippen molar-refractivity contribution in [3.63, 3.8) is 0 Å². The molecule has 0 aliphatic rings. The number of nitrogens with one attached hydrogen (secondary N) is 1. The van der Waals surface area contributed by atoms with E-state index in [-0.39, 0.29) is 18.7 Å². The van der Waals surface area contributed by atoms with E-state index in [1.165, 1.54) is 12.1 Å². The number of nitrogens with zero attached hydrogens (tertiary/aromatic N) is 1. The van der Waals surface area contributed by atoms with Crippen LogP contribution in [0, 0.1) is 0 Å². The molecule has 10 heteroatoms. The Hall–Kier alpha value is -1.81. The van der Waals surface area contributed by atoms with Crippen molar-refractivity contribution in [2.75, 3.05) is 19.8 Å². The lowest BCUT2D eigenvalue weighted by atomic mass is 10.2. The zero-order valence-electron chi connectivity index (χ0n) is 10.5. The number of thioether (sulfide) groups is 1. The molecule has 0 radical (unpaired) electrons. The van der Waals surface area contributed by atoms with Gasteiger partial charge in [-0.25, -0.2) is 9.78 Å². The minimum atomic E-state index is -4.55. The average molecular weight is 324 g/mol. The smallest absolute Gasteiger partial charge is 0.447 e. The Labute approximate surface area is 121 Å². The van der Waals surface area contributed by atoms with Gasteiger partial charge in [0, 0.05) is 24.5 Å². The van der Waals surface area contributed by atoms with Gasteiger partial charge in [-0.1, -0.05) is 0 Å². The zero-order valence-corrected chi connectivity index (χ0v) is 11.3. The second-order valence-corrected chi connectivity index (χ2v) is 4.66. The van der Waals surface area contributed by atoms with Crippen LogP contribution in [0.4, 0.5) is 13.2 Å². The summed E-state index contributed by atoms with van der Waals surface area (Å²) < 4.78 is 41.7. The van der Waals surface area contributed by atoms with E-state index in [2.05, 4.69) is 15.0 Å². The number of amides is 1. The van der Waals surface area contributed by atoms with E-state index in [0.29, 0.717) is 0 Å². The molecule has 0 aliphatic heterocycles. The van der Waals surface area contributed by atoms with Gasteiger partial charge in [-0.3, -0.25) is 4.79 Å². The molecule has 0 aromatic carbocycles. The van der Waals surface area contributed by atoms with Crippen LogP contribution < -0.4 is 5.32 Å². The fourth-order valence-electron chi connectivity index (χ4n) is 1.25. The first kappa shape index (κ1) is 17.2. The Morgan fingerprint density at radius 2 is 2.14 bits per heavy atom. The van der Waals surface area contributed by atoms with Crippen molar-refractivity contribution < 1.29 is 32.6 Å². The number of aliphatic carboxylic acids is 1. The number of aromatic nitrogens is 1. The fraction of sp³-hybridized carbons (Fsp3) is 0.364. The van der Waals surface area contributed by atoms with Crippen LogP contribution in [0.5, 0.6) is 0 Å². The maximum Gasteiger partial charge on any atom is 0.447 e. The van der Waals surface area contributed by atoms with Gasteiger partial charge in [0.2, 0.25) is 0 Å². The number of carboxylic acids is 1. The minimum absolute atomic E-state index is 0.0306. The van der Waals surface area contributed by atoms with Crippen molar-refractivity contribution in [3.8, 4) is 0 Å². The number of carboxylic acid groups (broad SMARTS) is 1. The standard InChI is InChI=1S/C11H11F3N2O4S/c12-11(13,14)21-10-7(2-1-3-16-10)9(19)15-4-5-20-6-8(17)18/h1-3H,4-6H2,(H,15,19)(H,17,18). The van der Waals surface area contributed by atoms with Crippen LogP contribution in [0.25, 0.3) is 0 Å². The third kappa shape index (κ3) is 6.95. The zero-order chi connectivity index (χ0) is 15.9. The average Bonchev–Trinajstić information content (AvgIpc) is 2.36. The van der Waals surface area contributed by atoms with Crippen LogP contribution in [-0.4, -0.2) is 47.2 Å². The Balaban J connectivity index is 2.56. The molecule has 0 aliphatic carbocycles. The van der Waals surface area contributed by atoms with Gasteiger partial charge in [-0.05, 0) is 12.1 Å². The molecule has 1 rings (SSSR count). The fourth-order valence-corrected chi connectivity index (χ4v) is 1.85. The van der Waals surface area contributed by atoms with E-state index in [9.17, 15) is 22.8 Å². The van der Waals surface area contributed by atoms with Gasteiger partial charge in [0.15, 0.2) is 0 Å². The molecular weight excluding hydrogens is 313 g/mol. The summed E-state index contributed by atoms with van der Waals surface area (Å²) >= 11 is -0.478. The number of carbonyl (C=O) groups is 2. The maximum absolute atomic E-state index is 12.3. The van der Waals surface area contributed by atoms with Crippen LogP contribution in [0.2, 0.25) is 0 Å². The molecule has 6 nitrogen and oxygen atoms in total. The summed E-state index contributed by atoms with van der Waals surface area (Å²) in [6.07, 6.45) is 1.15. The summed E-state index contributed by atoms with van der Waals surface area (Å²) in [7, 11) is 0. The number of rotatable bonds is 7. The third-order valence-corrected chi connectivity index (χ3v) is 2.74. The lowest BCUT2D eigenvalue weighted by Gasteiger charge is -2.10. The van der Waals surface area contributed by atoms with Crippen LogP contribution in [0.3, 0.4) is 0 Å². The van der Waals surface area contributed by atoms with Crippen LogP contribution in [0.15, 0.2) is 23.4 Å². The molecule has 0 atom stereocenters. The van der Waals surface area contributed by atoms with Crippen molar-refractivity contribution in [2.24, 2.45) is 0 Å². The van der Waals surface area contributed by atoms with Crippen molar-refractivity contribution in [3.05, 3.63) is 23.9 Å². The topological polar surface area (TPSA) is 88.5 Å². The molecular formula is C11H11F3N2O4S. The largest absolute Gasteiger partial charge is 0.480 e. The minimum Gasteiger partial charge on any atom is -0.480 e. The van der Waals surface area contributed by atoms with Gasteiger partial charge in [0.1, 0.15) is 11.6 Å². The van der Waals surface area contributed by atoms with Crippen molar-refractivity contribution >= 4 is 23.6 Å². The quantitative estimate of drug-likeness (QED) is 0.584. The molecule has 0 fully saturated rings. The lowest BCUT2D eigenvalue weighted by molar-refractivity contribution is -0.142. The van der Waals surface area contributed by atoms with Gasteiger partial charge < -0.3 is 15.2 Å². The summed E-state index contributed by atoms with van der Waals surface area (Å²) in [6, 6.07) is 2.56. The highest BCUT2D eigenvalue weighted by Crippen LogP contribution is 2.37. The molecule has 0 saturated carbocycles.